The molecule has 0 amide bonds. The molecule has 0 spiro atoms. The molecular weight excluding hydrogens is 228 g/mol. The molecule has 17 heavy (non-hydrogen) atoms. The first-order valence-corrected chi connectivity index (χ1v) is 4.84. The summed E-state index contributed by atoms with van der Waals surface area (Å²) in [5.74, 6) is 3.59. The second-order valence-electron chi connectivity index (χ2n) is 3.93. The number of benzene rings is 1. The van der Waals surface area contributed by atoms with E-state index in [1.165, 1.54) is 19.9 Å². The van der Waals surface area contributed by atoms with Crippen molar-refractivity contribution in [2.75, 3.05) is 0 Å². The number of hydrogen-bond acceptors (Lipinski definition) is 4. The van der Waals surface area contributed by atoms with E-state index in [0.717, 1.165) is 18.3 Å². The third kappa shape index (κ3) is 3.60. The van der Waals surface area contributed by atoms with Gasteiger partial charge in [-0.25, -0.2) is 8.78 Å². The fourth-order valence-electron chi connectivity index (χ4n) is 1.07. The minimum absolute atomic E-state index is 0.0585. The standard InChI is InChI=1S/C11H13F2N3O/c1-11(2,17)10(16-14)6-15-9-4-3-7(12)5-8(9)13/h3-6,17H,14H2,1-2H3. The van der Waals surface area contributed by atoms with Gasteiger partial charge in [-0.1, -0.05) is 0 Å². The van der Waals surface area contributed by atoms with Crippen molar-refractivity contribution in [1.29, 1.82) is 0 Å². The number of halogens is 2. The highest BCUT2D eigenvalue weighted by Crippen LogP contribution is 2.18. The zero-order chi connectivity index (χ0) is 13.1. The summed E-state index contributed by atoms with van der Waals surface area (Å²) in [5, 5.41) is 13.0. The Bertz CT molecular complexity index is 464. The number of nitrogens with two attached hydrogens (primary N) is 1. The van der Waals surface area contributed by atoms with Crippen LogP contribution in [-0.4, -0.2) is 22.6 Å². The minimum Gasteiger partial charge on any atom is -0.384 e. The molecule has 0 atom stereocenters. The van der Waals surface area contributed by atoms with Gasteiger partial charge in [0.15, 0.2) is 5.82 Å². The quantitative estimate of drug-likeness (QED) is 0.481. The highest BCUT2D eigenvalue weighted by atomic mass is 19.1. The topological polar surface area (TPSA) is 71.0 Å². The van der Waals surface area contributed by atoms with Crippen molar-refractivity contribution < 1.29 is 13.9 Å². The molecule has 6 heteroatoms. The van der Waals surface area contributed by atoms with E-state index in [9.17, 15) is 13.9 Å². The van der Waals surface area contributed by atoms with Gasteiger partial charge in [0.25, 0.3) is 0 Å². The molecule has 3 N–H and O–H groups in total. The lowest BCUT2D eigenvalue weighted by molar-refractivity contribution is 0.156. The van der Waals surface area contributed by atoms with Crippen molar-refractivity contribution in [3.8, 4) is 0 Å². The van der Waals surface area contributed by atoms with Crippen LogP contribution >= 0.6 is 0 Å². The van der Waals surface area contributed by atoms with Gasteiger partial charge in [0, 0.05) is 6.07 Å². The Kier molecular flexibility index (Phi) is 3.90. The molecule has 1 aromatic carbocycles. The number of aliphatic hydroxyl groups is 1. The average molecular weight is 241 g/mol. The molecule has 0 aromatic heterocycles. The molecule has 1 aromatic rings. The summed E-state index contributed by atoms with van der Waals surface area (Å²) in [6, 6.07) is 2.98. The molecule has 0 unspecified atom stereocenters. The zero-order valence-electron chi connectivity index (χ0n) is 9.48. The van der Waals surface area contributed by atoms with Crippen LogP contribution in [0.4, 0.5) is 14.5 Å². The molecule has 0 aliphatic heterocycles. The Morgan fingerprint density at radius 3 is 2.53 bits per heavy atom. The molecule has 0 saturated heterocycles. The van der Waals surface area contributed by atoms with Crippen molar-refractivity contribution in [1.82, 2.24) is 0 Å². The molecule has 0 aliphatic rings. The minimum atomic E-state index is -1.28. The molecule has 92 valence electrons. The second kappa shape index (κ2) is 5.01. The lowest BCUT2D eigenvalue weighted by Crippen LogP contribution is -2.33. The van der Waals surface area contributed by atoms with Crippen molar-refractivity contribution in [2.24, 2.45) is 15.9 Å². The number of hydrogen-bond donors (Lipinski definition) is 2. The highest BCUT2D eigenvalue weighted by Gasteiger charge is 2.19. The third-order valence-electron chi connectivity index (χ3n) is 2.00. The van der Waals surface area contributed by atoms with Crippen LogP contribution in [0.5, 0.6) is 0 Å². The van der Waals surface area contributed by atoms with Gasteiger partial charge in [0.05, 0.1) is 11.9 Å². The summed E-state index contributed by atoms with van der Waals surface area (Å²) in [7, 11) is 0. The van der Waals surface area contributed by atoms with Gasteiger partial charge in [0.2, 0.25) is 0 Å². The largest absolute Gasteiger partial charge is 0.384 e. The second-order valence-corrected chi connectivity index (χ2v) is 3.93. The van der Waals surface area contributed by atoms with Gasteiger partial charge in [-0.2, -0.15) is 5.10 Å². The van der Waals surface area contributed by atoms with Crippen molar-refractivity contribution >= 4 is 17.6 Å². The Hall–Kier alpha value is -1.82. The van der Waals surface area contributed by atoms with Gasteiger partial charge in [-0.3, -0.25) is 4.99 Å². The lowest BCUT2D eigenvalue weighted by Gasteiger charge is -2.15. The summed E-state index contributed by atoms with van der Waals surface area (Å²) in [5.41, 5.74) is -1.26. The molecular formula is C11H13F2N3O. The first kappa shape index (κ1) is 13.2. The Labute approximate surface area is 97.5 Å². The van der Waals surface area contributed by atoms with Gasteiger partial charge in [-0.15, -0.1) is 0 Å². The molecule has 1 rings (SSSR count). The van der Waals surface area contributed by atoms with E-state index in [1.807, 2.05) is 0 Å². The van der Waals surface area contributed by atoms with Crippen LogP contribution in [0.2, 0.25) is 0 Å². The van der Waals surface area contributed by atoms with Gasteiger partial charge < -0.3 is 10.9 Å². The van der Waals surface area contributed by atoms with E-state index in [-0.39, 0.29) is 11.4 Å². The van der Waals surface area contributed by atoms with Crippen LogP contribution < -0.4 is 5.84 Å². The molecule has 0 heterocycles. The van der Waals surface area contributed by atoms with Crippen LogP contribution in [0.3, 0.4) is 0 Å². The molecule has 0 radical (unpaired) electrons. The van der Waals surface area contributed by atoms with E-state index in [1.54, 1.807) is 0 Å². The zero-order valence-corrected chi connectivity index (χ0v) is 9.48. The predicted molar refractivity (Wildman–Crippen MR) is 62.4 cm³/mol. The van der Waals surface area contributed by atoms with E-state index in [2.05, 4.69) is 10.1 Å². The van der Waals surface area contributed by atoms with E-state index >= 15 is 0 Å². The molecule has 0 saturated carbocycles. The molecule has 0 fully saturated rings. The van der Waals surface area contributed by atoms with Crippen molar-refractivity contribution in [3.63, 3.8) is 0 Å². The van der Waals surface area contributed by atoms with E-state index < -0.39 is 17.2 Å². The summed E-state index contributed by atoms with van der Waals surface area (Å²) in [6.07, 6.45) is 1.14. The number of aliphatic imine (C=N–C) groups is 1. The van der Waals surface area contributed by atoms with E-state index in [4.69, 9.17) is 5.84 Å². The number of hydrazone groups is 1. The van der Waals surface area contributed by atoms with Gasteiger partial charge >= 0.3 is 0 Å². The van der Waals surface area contributed by atoms with Crippen molar-refractivity contribution in [2.45, 2.75) is 19.4 Å². The van der Waals surface area contributed by atoms with Gasteiger partial charge in [-0.05, 0) is 26.0 Å². The van der Waals surface area contributed by atoms with Crippen molar-refractivity contribution in [3.05, 3.63) is 29.8 Å². The summed E-state index contributed by atoms with van der Waals surface area (Å²) >= 11 is 0. The predicted octanol–water partition coefficient (Wildman–Crippen LogP) is 1.75. The fraction of sp³-hybridized carbons (Fsp3) is 0.273. The molecule has 0 bridgehead atoms. The smallest absolute Gasteiger partial charge is 0.151 e. The Balaban J connectivity index is 2.98. The maximum absolute atomic E-state index is 13.2. The lowest BCUT2D eigenvalue weighted by atomic mass is 10.0. The number of nitrogens with zero attached hydrogens (tertiary/aromatic N) is 2. The van der Waals surface area contributed by atoms with Crippen LogP contribution in [0, 0.1) is 11.6 Å². The van der Waals surface area contributed by atoms with Crippen LogP contribution in [0.1, 0.15) is 13.8 Å². The Morgan fingerprint density at radius 2 is 2.06 bits per heavy atom. The Morgan fingerprint density at radius 1 is 1.41 bits per heavy atom. The van der Waals surface area contributed by atoms with Crippen LogP contribution in [0.25, 0.3) is 0 Å². The maximum Gasteiger partial charge on any atom is 0.151 e. The molecule has 4 nitrogen and oxygen atoms in total. The summed E-state index contributed by atoms with van der Waals surface area (Å²) in [6.45, 7) is 2.93. The van der Waals surface area contributed by atoms with E-state index in [0.29, 0.717) is 0 Å². The average Bonchev–Trinajstić information content (AvgIpc) is 2.19. The molecule has 0 aliphatic carbocycles. The number of rotatable bonds is 3. The fourth-order valence-corrected chi connectivity index (χ4v) is 1.07. The highest BCUT2D eigenvalue weighted by molar-refractivity contribution is 6.34. The summed E-state index contributed by atoms with van der Waals surface area (Å²) < 4.78 is 25.8. The SMILES string of the molecule is CC(C)(O)C(C=Nc1ccc(F)cc1F)=NN. The first-order chi connectivity index (χ1) is 7.84. The normalized spacial score (nSPS) is 13.4. The van der Waals surface area contributed by atoms with Crippen LogP contribution in [-0.2, 0) is 0 Å². The maximum atomic E-state index is 13.2. The van der Waals surface area contributed by atoms with Crippen LogP contribution in [0.15, 0.2) is 28.3 Å². The monoisotopic (exact) mass is 241 g/mol. The summed E-state index contributed by atoms with van der Waals surface area (Å²) in [4.78, 5) is 3.75. The van der Waals surface area contributed by atoms with Gasteiger partial charge in [0.1, 0.15) is 17.1 Å². The third-order valence-corrected chi connectivity index (χ3v) is 2.00. The first-order valence-electron chi connectivity index (χ1n) is 4.84.